The minimum absolute atomic E-state index is 0.734. The fourth-order valence-corrected chi connectivity index (χ4v) is 1.11. The second kappa shape index (κ2) is 4.10. The molecule has 0 amide bonds. The zero-order chi connectivity index (χ0) is 8.97. The van der Waals surface area contributed by atoms with Crippen molar-refractivity contribution in [3.05, 3.63) is 24.0 Å². The lowest BCUT2D eigenvalue weighted by Gasteiger charge is -2.06. The third-order valence-corrected chi connectivity index (χ3v) is 1.94. The van der Waals surface area contributed by atoms with Crippen molar-refractivity contribution in [3.63, 3.8) is 0 Å². The van der Waals surface area contributed by atoms with Gasteiger partial charge in [-0.3, -0.25) is 4.98 Å². The van der Waals surface area contributed by atoms with E-state index >= 15 is 0 Å². The fraction of sp³-hybridized carbons (Fsp3) is 0.500. The molecular formula is C10H16N2. The van der Waals surface area contributed by atoms with Crippen LogP contribution in [0.3, 0.4) is 0 Å². The van der Waals surface area contributed by atoms with Gasteiger partial charge in [0.2, 0.25) is 0 Å². The summed E-state index contributed by atoms with van der Waals surface area (Å²) in [7, 11) is 0. The Morgan fingerprint density at radius 1 is 1.50 bits per heavy atom. The quantitative estimate of drug-likeness (QED) is 0.744. The van der Waals surface area contributed by atoms with E-state index in [0.717, 1.165) is 18.0 Å². The summed E-state index contributed by atoms with van der Waals surface area (Å²) in [5.41, 5.74) is 7.78. The Labute approximate surface area is 73.8 Å². The molecule has 0 atom stereocenters. The zero-order valence-electron chi connectivity index (χ0n) is 7.75. The van der Waals surface area contributed by atoms with Crippen molar-refractivity contribution in [3.8, 4) is 0 Å². The molecule has 1 aromatic rings. The average Bonchev–Trinajstić information content (AvgIpc) is 2.03. The number of aryl methyl sites for hydroxylation is 1. The maximum Gasteiger partial charge on any atom is 0.0533 e. The molecule has 0 aromatic carbocycles. The number of aromatic nitrogens is 1. The van der Waals surface area contributed by atoms with Gasteiger partial charge < -0.3 is 5.73 Å². The monoisotopic (exact) mass is 164 g/mol. The lowest BCUT2D eigenvalue weighted by atomic mass is 10.0. The topological polar surface area (TPSA) is 38.9 Å². The second-order valence-electron chi connectivity index (χ2n) is 3.51. The molecule has 1 aromatic heterocycles. The van der Waals surface area contributed by atoms with E-state index in [0.29, 0.717) is 0 Å². The lowest BCUT2D eigenvalue weighted by molar-refractivity contribution is 0.587. The van der Waals surface area contributed by atoms with Gasteiger partial charge in [0, 0.05) is 6.20 Å². The molecule has 1 heterocycles. The van der Waals surface area contributed by atoms with Crippen LogP contribution in [-0.2, 0) is 6.42 Å². The number of rotatable bonds is 3. The van der Waals surface area contributed by atoms with Crippen LogP contribution in [0.4, 0.5) is 5.69 Å². The predicted molar refractivity (Wildman–Crippen MR) is 51.8 cm³/mol. The van der Waals surface area contributed by atoms with E-state index < -0.39 is 0 Å². The second-order valence-corrected chi connectivity index (χ2v) is 3.51. The Bertz CT molecular complexity index is 243. The SMILES string of the molecule is CC(C)CCc1ccncc1N. The van der Waals surface area contributed by atoms with Gasteiger partial charge in [0.1, 0.15) is 0 Å². The van der Waals surface area contributed by atoms with Crippen LogP contribution in [0.5, 0.6) is 0 Å². The van der Waals surface area contributed by atoms with Crippen molar-refractivity contribution >= 4 is 5.69 Å². The molecule has 66 valence electrons. The van der Waals surface area contributed by atoms with Gasteiger partial charge in [0.05, 0.1) is 11.9 Å². The van der Waals surface area contributed by atoms with E-state index in [-0.39, 0.29) is 0 Å². The van der Waals surface area contributed by atoms with Crippen LogP contribution in [0.25, 0.3) is 0 Å². The Hall–Kier alpha value is -1.05. The molecule has 1 rings (SSSR count). The summed E-state index contributed by atoms with van der Waals surface area (Å²) in [6.07, 6.45) is 5.77. The predicted octanol–water partition coefficient (Wildman–Crippen LogP) is 2.25. The first-order valence-corrected chi connectivity index (χ1v) is 4.38. The molecule has 2 N–H and O–H groups in total. The zero-order valence-corrected chi connectivity index (χ0v) is 7.75. The first-order valence-electron chi connectivity index (χ1n) is 4.38. The number of nitrogen functional groups attached to an aromatic ring is 1. The van der Waals surface area contributed by atoms with Crippen LogP contribution in [0.15, 0.2) is 18.5 Å². The highest BCUT2D eigenvalue weighted by molar-refractivity contribution is 5.43. The summed E-state index contributed by atoms with van der Waals surface area (Å²) in [5.74, 6) is 0.734. The lowest BCUT2D eigenvalue weighted by Crippen LogP contribution is -1.97. The third kappa shape index (κ3) is 2.53. The molecule has 12 heavy (non-hydrogen) atoms. The highest BCUT2D eigenvalue weighted by Gasteiger charge is 1.99. The van der Waals surface area contributed by atoms with Crippen molar-refractivity contribution in [1.82, 2.24) is 4.98 Å². The normalized spacial score (nSPS) is 10.6. The molecular weight excluding hydrogens is 148 g/mol. The Balaban J connectivity index is 2.57. The molecule has 0 aliphatic carbocycles. The summed E-state index contributed by atoms with van der Waals surface area (Å²) in [4.78, 5) is 3.95. The van der Waals surface area contributed by atoms with Gasteiger partial charge in [0.15, 0.2) is 0 Å². The van der Waals surface area contributed by atoms with Crippen LogP contribution in [0.1, 0.15) is 25.8 Å². The van der Waals surface area contributed by atoms with Gasteiger partial charge in [-0.1, -0.05) is 13.8 Å². The minimum atomic E-state index is 0.734. The van der Waals surface area contributed by atoms with Gasteiger partial charge >= 0.3 is 0 Å². The number of nitrogens with zero attached hydrogens (tertiary/aromatic N) is 1. The molecule has 0 saturated heterocycles. The molecule has 2 heteroatoms. The van der Waals surface area contributed by atoms with Gasteiger partial charge in [-0.05, 0) is 30.4 Å². The summed E-state index contributed by atoms with van der Waals surface area (Å²) in [5, 5.41) is 0. The maximum absolute atomic E-state index is 5.74. The fourth-order valence-electron chi connectivity index (χ4n) is 1.11. The van der Waals surface area contributed by atoms with E-state index in [4.69, 9.17) is 5.73 Å². The van der Waals surface area contributed by atoms with Crippen LogP contribution in [0, 0.1) is 5.92 Å². The van der Waals surface area contributed by atoms with Crippen molar-refractivity contribution in [2.45, 2.75) is 26.7 Å². The van der Waals surface area contributed by atoms with Crippen LogP contribution >= 0.6 is 0 Å². The van der Waals surface area contributed by atoms with Gasteiger partial charge in [-0.25, -0.2) is 0 Å². The Kier molecular flexibility index (Phi) is 3.09. The number of pyridine rings is 1. The molecule has 0 saturated carbocycles. The average molecular weight is 164 g/mol. The summed E-state index contributed by atoms with van der Waals surface area (Å²) in [6, 6.07) is 2.00. The molecule has 0 radical (unpaired) electrons. The Morgan fingerprint density at radius 2 is 2.25 bits per heavy atom. The number of hydrogen-bond donors (Lipinski definition) is 1. The largest absolute Gasteiger partial charge is 0.397 e. The highest BCUT2D eigenvalue weighted by Crippen LogP contribution is 2.13. The van der Waals surface area contributed by atoms with Crippen LogP contribution < -0.4 is 5.73 Å². The van der Waals surface area contributed by atoms with Crippen molar-refractivity contribution in [2.24, 2.45) is 5.92 Å². The summed E-state index contributed by atoms with van der Waals surface area (Å²) >= 11 is 0. The van der Waals surface area contributed by atoms with Crippen molar-refractivity contribution in [2.75, 3.05) is 5.73 Å². The van der Waals surface area contributed by atoms with E-state index in [1.807, 2.05) is 6.07 Å². The van der Waals surface area contributed by atoms with Crippen molar-refractivity contribution in [1.29, 1.82) is 0 Å². The molecule has 0 aliphatic heterocycles. The molecule has 0 fully saturated rings. The molecule has 0 unspecified atom stereocenters. The summed E-state index contributed by atoms with van der Waals surface area (Å²) in [6.45, 7) is 4.44. The van der Waals surface area contributed by atoms with E-state index in [1.165, 1.54) is 12.0 Å². The first kappa shape index (κ1) is 9.04. The van der Waals surface area contributed by atoms with Crippen molar-refractivity contribution < 1.29 is 0 Å². The number of hydrogen-bond acceptors (Lipinski definition) is 2. The number of nitrogens with two attached hydrogens (primary N) is 1. The van der Waals surface area contributed by atoms with Gasteiger partial charge in [-0.2, -0.15) is 0 Å². The Morgan fingerprint density at radius 3 is 2.83 bits per heavy atom. The summed E-state index contributed by atoms with van der Waals surface area (Å²) < 4.78 is 0. The third-order valence-electron chi connectivity index (χ3n) is 1.94. The highest BCUT2D eigenvalue weighted by atomic mass is 14.7. The first-order chi connectivity index (χ1) is 5.70. The maximum atomic E-state index is 5.74. The van der Waals surface area contributed by atoms with E-state index in [9.17, 15) is 0 Å². The smallest absolute Gasteiger partial charge is 0.0533 e. The van der Waals surface area contributed by atoms with Gasteiger partial charge in [0.25, 0.3) is 0 Å². The van der Waals surface area contributed by atoms with Crippen LogP contribution in [0.2, 0.25) is 0 Å². The number of anilines is 1. The van der Waals surface area contributed by atoms with Gasteiger partial charge in [-0.15, -0.1) is 0 Å². The molecule has 0 bridgehead atoms. The van der Waals surface area contributed by atoms with Crippen LogP contribution in [-0.4, -0.2) is 4.98 Å². The van der Waals surface area contributed by atoms with E-state index in [2.05, 4.69) is 18.8 Å². The molecule has 0 aliphatic rings. The molecule has 0 spiro atoms. The van der Waals surface area contributed by atoms with E-state index in [1.54, 1.807) is 12.4 Å². The minimum Gasteiger partial charge on any atom is -0.397 e. The standard InChI is InChI=1S/C10H16N2/c1-8(2)3-4-9-5-6-12-7-10(9)11/h5-8H,3-4,11H2,1-2H3. The molecule has 2 nitrogen and oxygen atoms in total.